The molecule has 0 fully saturated rings. The zero-order chi connectivity index (χ0) is 13.1. The van der Waals surface area contributed by atoms with Crippen LogP contribution in [0.5, 0.6) is 5.75 Å². The summed E-state index contributed by atoms with van der Waals surface area (Å²) in [5, 5.41) is 2.71. The Kier molecular flexibility index (Phi) is 3.65. The molecule has 2 atom stereocenters. The second-order valence-corrected chi connectivity index (χ2v) is 4.66. The van der Waals surface area contributed by atoms with Crippen LogP contribution in [0.15, 0.2) is 24.3 Å². The Morgan fingerprint density at radius 1 is 1.39 bits per heavy atom. The van der Waals surface area contributed by atoms with E-state index in [0.29, 0.717) is 13.0 Å². The summed E-state index contributed by atoms with van der Waals surface area (Å²) in [6, 6.07) is 7.28. The van der Waals surface area contributed by atoms with Crippen LogP contribution in [0.3, 0.4) is 0 Å². The molecule has 1 aliphatic heterocycles. The normalized spacial score (nSPS) is 19.3. The Morgan fingerprint density at radius 3 is 2.83 bits per heavy atom. The molecule has 96 valence electrons. The summed E-state index contributed by atoms with van der Waals surface area (Å²) in [6.45, 7) is 3.53. The maximum Gasteiger partial charge on any atom is 0.227 e. The molecule has 0 aliphatic carbocycles. The van der Waals surface area contributed by atoms with Gasteiger partial charge in [-0.15, -0.1) is 0 Å². The van der Waals surface area contributed by atoms with Gasteiger partial charge in [-0.25, -0.2) is 0 Å². The summed E-state index contributed by atoms with van der Waals surface area (Å²) in [5.74, 6) is 0.468. The number of carbonyl (C=O) groups is 2. The molecule has 0 radical (unpaired) electrons. The number of hydrogen-bond donors (Lipinski definition) is 1. The summed E-state index contributed by atoms with van der Waals surface area (Å²) in [4.78, 5) is 23.1. The van der Waals surface area contributed by atoms with Gasteiger partial charge in [-0.3, -0.25) is 9.59 Å². The number of rotatable bonds is 3. The molecular weight excluding hydrogens is 230 g/mol. The number of benzene rings is 1. The van der Waals surface area contributed by atoms with Gasteiger partial charge >= 0.3 is 0 Å². The van der Waals surface area contributed by atoms with Crippen LogP contribution in [-0.2, 0) is 16.0 Å². The third-order valence-corrected chi connectivity index (χ3v) is 3.22. The highest BCUT2D eigenvalue weighted by molar-refractivity contribution is 5.88. The van der Waals surface area contributed by atoms with Crippen LogP contribution < -0.4 is 10.1 Å². The molecule has 1 N–H and O–H groups in total. The van der Waals surface area contributed by atoms with Crippen molar-refractivity contribution in [1.82, 2.24) is 5.32 Å². The molecule has 4 nitrogen and oxygen atoms in total. The first-order chi connectivity index (χ1) is 8.58. The van der Waals surface area contributed by atoms with Crippen molar-refractivity contribution in [2.45, 2.75) is 26.3 Å². The number of amides is 1. The Morgan fingerprint density at radius 2 is 2.11 bits per heavy atom. The predicted octanol–water partition coefficient (Wildman–Crippen LogP) is 1.33. The standard InChI is InChI=1S/C14H17NO3/c1-9(10(2)16)15-14(17)12-7-11-5-3-4-6-13(11)18-8-12/h3-6,9,12H,7-8H2,1-2H3,(H,15,17). The van der Waals surface area contributed by atoms with E-state index in [-0.39, 0.29) is 17.6 Å². The maximum atomic E-state index is 12.0. The molecule has 2 rings (SSSR count). The van der Waals surface area contributed by atoms with Crippen molar-refractivity contribution >= 4 is 11.7 Å². The summed E-state index contributed by atoms with van der Waals surface area (Å²) in [7, 11) is 0. The van der Waals surface area contributed by atoms with Crippen molar-refractivity contribution in [1.29, 1.82) is 0 Å². The van der Waals surface area contributed by atoms with E-state index in [1.165, 1.54) is 6.92 Å². The SMILES string of the molecule is CC(=O)C(C)NC(=O)C1COc2ccccc2C1. The monoisotopic (exact) mass is 247 g/mol. The van der Waals surface area contributed by atoms with Crippen LogP contribution >= 0.6 is 0 Å². The molecule has 1 aromatic rings. The molecule has 1 aromatic carbocycles. The molecule has 1 heterocycles. The largest absolute Gasteiger partial charge is 0.492 e. The summed E-state index contributed by atoms with van der Waals surface area (Å²) in [6.07, 6.45) is 0.659. The van der Waals surface area contributed by atoms with E-state index in [2.05, 4.69) is 5.32 Å². The number of para-hydroxylation sites is 1. The lowest BCUT2D eigenvalue weighted by Gasteiger charge is -2.25. The van der Waals surface area contributed by atoms with Crippen molar-refractivity contribution < 1.29 is 14.3 Å². The molecule has 1 aliphatic rings. The van der Waals surface area contributed by atoms with E-state index in [0.717, 1.165) is 11.3 Å². The molecule has 18 heavy (non-hydrogen) atoms. The van der Waals surface area contributed by atoms with Crippen LogP contribution in [-0.4, -0.2) is 24.3 Å². The minimum Gasteiger partial charge on any atom is -0.492 e. The first kappa shape index (κ1) is 12.6. The van der Waals surface area contributed by atoms with Crippen molar-refractivity contribution in [2.75, 3.05) is 6.61 Å². The Balaban J connectivity index is 2.00. The zero-order valence-corrected chi connectivity index (χ0v) is 10.6. The number of ketones is 1. The topological polar surface area (TPSA) is 55.4 Å². The summed E-state index contributed by atoms with van der Waals surface area (Å²) >= 11 is 0. The fourth-order valence-electron chi connectivity index (χ4n) is 1.93. The Hall–Kier alpha value is -1.84. The van der Waals surface area contributed by atoms with E-state index in [9.17, 15) is 9.59 Å². The molecular formula is C14H17NO3. The Bertz CT molecular complexity index is 470. The van der Waals surface area contributed by atoms with E-state index in [1.54, 1.807) is 6.92 Å². The third kappa shape index (κ3) is 2.70. The van der Waals surface area contributed by atoms with Gasteiger partial charge in [0.05, 0.1) is 12.0 Å². The first-order valence-electron chi connectivity index (χ1n) is 6.09. The third-order valence-electron chi connectivity index (χ3n) is 3.22. The van der Waals surface area contributed by atoms with Crippen LogP contribution in [0, 0.1) is 5.92 Å². The van der Waals surface area contributed by atoms with Gasteiger partial charge < -0.3 is 10.1 Å². The van der Waals surface area contributed by atoms with E-state index < -0.39 is 6.04 Å². The number of nitrogens with one attached hydrogen (secondary N) is 1. The van der Waals surface area contributed by atoms with Gasteiger partial charge in [-0.1, -0.05) is 18.2 Å². The van der Waals surface area contributed by atoms with Crippen LogP contribution in [0.25, 0.3) is 0 Å². The molecule has 1 amide bonds. The number of Topliss-reactive ketones (excluding diaryl/α,β-unsaturated/α-hetero) is 1. The van der Waals surface area contributed by atoms with Gasteiger partial charge in [0.15, 0.2) is 5.78 Å². The van der Waals surface area contributed by atoms with Gasteiger partial charge in [-0.2, -0.15) is 0 Å². The van der Waals surface area contributed by atoms with Crippen molar-refractivity contribution in [3.63, 3.8) is 0 Å². The van der Waals surface area contributed by atoms with Crippen LogP contribution in [0.2, 0.25) is 0 Å². The fourth-order valence-corrected chi connectivity index (χ4v) is 1.93. The van der Waals surface area contributed by atoms with Crippen molar-refractivity contribution in [3.8, 4) is 5.75 Å². The quantitative estimate of drug-likeness (QED) is 0.876. The first-order valence-corrected chi connectivity index (χ1v) is 6.09. The van der Waals surface area contributed by atoms with Crippen LogP contribution in [0.1, 0.15) is 19.4 Å². The maximum absolute atomic E-state index is 12.0. The zero-order valence-electron chi connectivity index (χ0n) is 10.6. The van der Waals surface area contributed by atoms with Crippen LogP contribution in [0.4, 0.5) is 0 Å². The second-order valence-electron chi connectivity index (χ2n) is 4.66. The average Bonchev–Trinajstić information content (AvgIpc) is 2.37. The van der Waals surface area contributed by atoms with Gasteiger partial charge in [-0.05, 0) is 31.9 Å². The number of ether oxygens (including phenoxy) is 1. The van der Waals surface area contributed by atoms with Gasteiger partial charge in [0.25, 0.3) is 0 Å². The van der Waals surface area contributed by atoms with Crippen molar-refractivity contribution in [3.05, 3.63) is 29.8 Å². The minimum atomic E-state index is -0.435. The summed E-state index contributed by atoms with van der Waals surface area (Å²) < 4.78 is 5.55. The number of fused-ring (bicyclic) bond motifs is 1. The molecule has 2 unspecified atom stereocenters. The lowest BCUT2D eigenvalue weighted by Crippen LogP contribution is -2.44. The minimum absolute atomic E-state index is 0.0412. The number of hydrogen-bond acceptors (Lipinski definition) is 3. The predicted molar refractivity (Wildman–Crippen MR) is 67.4 cm³/mol. The molecule has 0 saturated heterocycles. The van der Waals surface area contributed by atoms with Gasteiger partial charge in [0, 0.05) is 0 Å². The highest BCUT2D eigenvalue weighted by Crippen LogP contribution is 2.26. The summed E-state index contributed by atoms with van der Waals surface area (Å²) in [5.41, 5.74) is 1.04. The molecule has 0 aromatic heterocycles. The molecule has 0 saturated carbocycles. The van der Waals surface area contributed by atoms with Crippen molar-refractivity contribution in [2.24, 2.45) is 5.92 Å². The Labute approximate surface area is 106 Å². The van der Waals surface area contributed by atoms with E-state index in [1.807, 2.05) is 24.3 Å². The smallest absolute Gasteiger partial charge is 0.227 e. The highest BCUT2D eigenvalue weighted by atomic mass is 16.5. The lowest BCUT2D eigenvalue weighted by atomic mass is 9.95. The molecule has 4 heteroatoms. The molecule has 0 bridgehead atoms. The molecule has 0 spiro atoms. The second kappa shape index (κ2) is 5.21. The van der Waals surface area contributed by atoms with Gasteiger partial charge in [0.1, 0.15) is 12.4 Å². The van der Waals surface area contributed by atoms with E-state index >= 15 is 0 Å². The van der Waals surface area contributed by atoms with E-state index in [4.69, 9.17) is 4.74 Å². The van der Waals surface area contributed by atoms with Gasteiger partial charge in [0.2, 0.25) is 5.91 Å². The average molecular weight is 247 g/mol. The lowest BCUT2D eigenvalue weighted by molar-refractivity contribution is -0.130. The number of carbonyl (C=O) groups excluding carboxylic acids is 2. The fraction of sp³-hybridized carbons (Fsp3) is 0.429. The highest BCUT2D eigenvalue weighted by Gasteiger charge is 2.27.